The van der Waals surface area contributed by atoms with E-state index in [1.807, 2.05) is 18.4 Å². The maximum Gasteiger partial charge on any atom is 0.268 e. The molecule has 0 atom stereocenters. The summed E-state index contributed by atoms with van der Waals surface area (Å²) in [5.41, 5.74) is 1.77. The number of rotatable bonds is 3. The van der Waals surface area contributed by atoms with Gasteiger partial charge in [0.25, 0.3) is 11.5 Å². The summed E-state index contributed by atoms with van der Waals surface area (Å²) in [6, 6.07) is 3.76. The lowest BCUT2D eigenvalue weighted by atomic mass is 10.0. The summed E-state index contributed by atoms with van der Waals surface area (Å²) in [7, 11) is 1.64. The molecule has 3 rings (SSSR count). The van der Waals surface area contributed by atoms with Gasteiger partial charge in [0.05, 0.1) is 16.8 Å². The van der Waals surface area contributed by atoms with Gasteiger partial charge in [-0.3, -0.25) is 9.59 Å². The van der Waals surface area contributed by atoms with Crippen molar-refractivity contribution in [3.05, 3.63) is 44.5 Å². The molecule has 1 amide bonds. The van der Waals surface area contributed by atoms with E-state index in [2.05, 4.69) is 15.3 Å². The zero-order valence-corrected chi connectivity index (χ0v) is 14.1. The number of aromatic nitrogens is 2. The first-order chi connectivity index (χ1) is 11.0. The quantitative estimate of drug-likeness (QED) is 0.926. The van der Waals surface area contributed by atoms with E-state index in [0.717, 1.165) is 42.1 Å². The minimum absolute atomic E-state index is 0.0196. The lowest BCUT2D eigenvalue weighted by Crippen LogP contribution is -2.45. The molecular weight excluding hydrogens is 312 g/mol. The Morgan fingerprint density at radius 1 is 1.39 bits per heavy atom. The van der Waals surface area contributed by atoms with E-state index in [9.17, 15) is 9.59 Å². The number of nitrogens with one attached hydrogen (secondary N) is 1. The van der Waals surface area contributed by atoms with Crippen LogP contribution in [0.1, 0.15) is 28.1 Å². The van der Waals surface area contributed by atoms with Crippen molar-refractivity contribution in [3.8, 4) is 0 Å². The van der Waals surface area contributed by atoms with Crippen LogP contribution in [-0.4, -0.2) is 34.8 Å². The van der Waals surface area contributed by atoms with E-state index >= 15 is 0 Å². The Kier molecular flexibility index (Phi) is 4.47. The average Bonchev–Trinajstić information content (AvgIpc) is 2.97. The average molecular weight is 332 g/mol. The van der Waals surface area contributed by atoms with Crippen molar-refractivity contribution in [2.24, 2.45) is 7.05 Å². The molecule has 0 saturated carbocycles. The van der Waals surface area contributed by atoms with Crippen molar-refractivity contribution in [2.75, 3.05) is 18.0 Å². The maximum atomic E-state index is 12.3. The molecule has 2 aromatic heterocycles. The molecule has 2 aromatic rings. The molecule has 1 saturated heterocycles. The molecule has 0 unspecified atom stereocenters. The van der Waals surface area contributed by atoms with Crippen LogP contribution >= 0.6 is 11.3 Å². The highest BCUT2D eigenvalue weighted by molar-refractivity contribution is 7.12. The largest absolute Gasteiger partial charge is 0.370 e. The Morgan fingerprint density at radius 2 is 2.13 bits per heavy atom. The predicted molar refractivity (Wildman–Crippen MR) is 91.2 cm³/mol. The molecule has 1 fully saturated rings. The molecule has 23 heavy (non-hydrogen) atoms. The van der Waals surface area contributed by atoms with Crippen LogP contribution in [0.2, 0.25) is 0 Å². The van der Waals surface area contributed by atoms with Crippen molar-refractivity contribution < 1.29 is 4.79 Å². The third-order valence-corrected chi connectivity index (χ3v) is 5.23. The lowest BCUT2D eigenvalue weighted by molar-refractivity contribution is 0.0934. The van der Waals surface area contributed by atoms with Crippen LogP contribution in [0.3, 0.4) is 0 Å². The molecule has 0 radical (unpaired) electrons. The molecule has 1 N–H and O–H groups in total. The van der Waals surface area contributed by atoms with E-state index in [0.29, 0.717) is 0 Å². The summed E-state index contributed by atoms with van der Waals surface area (Å²) in [5, 5.41) is 9.12. The molecule has 6 nitrogen and oxygen atoms in total. The Balaban J connectivity index is 1.58. The molecule has 7 heteroatoms. The Morgan fingerprint density at radius 3 is 2.74 bits per heavy atom. The number of anilines is 1. The highest BCUT2D eigenvalue weighted by atomic mass is 32.1. The third kappa shape index (κ3) is 3.44. The van der Waals surface area contributed by atoms with Crippen LogP contribution < -0.4 is 15.8 Å². The van der Waals surface area contributed by atoms with Crippen LogP contribution in [0.5, 0.6) is 0 Å². The van der Waals surface area contributed by atoms with Crippen LogP contribution in [0.15, 0.2) is 28.5 Å². The van der Waals surface area contributed by atoms with Crippen molar-refractivity contribution in [2.45, 2.75) is 25.8 Å². The molecule has 0 aromatic carbocycles. The number of carbonyl (C=O) groups excluding carboxylic acids is 1. The van der Waals surface area contributed by atoms with Gasteiger partial charge in [-0.2, -0.15) is 5.10 Å². The maximum absolute atomic E-state index is 12.3. The van der Waals surface area contributed by atoms with Gasteiger partial charge in [-0.05, 0) is 36.8 Å². The van der Waals surface area contributed by atoms with Crippen LogP contribution in [0.25, 0.3) is 0 Å². The van der Waals surface area contributed by atoms with E-state index in [1.54, 1.807) is 19.3 Å². The Labute approximate surface area is 138 Å². The standard InChI is InChI=1S/C16H20N4O2S/c1-11-5-8-23-15(11)16(22)18-12-3-6-20(7-4-12)13-9-14(21)19(2)17-10-13/h5,8-10,12H,3-4,6-7H2,1-2H3,(H,18,22). The summed E-state index contributed by atoms with van der Waals surface area (Å²) in [6.45, 7) is 3.57. The van der Waals surface area contributed by atoms with E-state index in [4.69, 9.17) is 0 Å². The van der Waals surface area contributed by atoms with E-state index in [1.165, 1.54) is 16.0 Å². The fourth-order valence-electron chi connectivity index (χ4n) is 2.77. The SMILES string of the molecule is Cc1ccsc1C(=O)NC1CCN(c2cnn(C)c(=O)c2)CC1. The lowest BCUT2D eigenvalue weighted by Gasteiger charge is -2.33. The number of carbonyl (C=O) groups is 1. The van der Waals surface area contributed by atoms with Crippen LogP contribution in [0, 0.1) is 6.92 Å². The Bertz CT molecular complexity index is 759. The minimum atomic E-state index is -0.105. The molecule has 3 heterocycles. The molecule has 122 valence electrons. The number of hydrogen-bond donors (Lipinski definition) is 1. The topological polar surface area (TPSA) is 67.2 Å². The molecule has 0 spiro atoms. The number of nitrogens with zero attached hydrogens (tertiary/aromatic N) is 3. The number of aryl methyl sites for hydroxylation is 2. The number of piperidine rings is 1. The number of thiophene rings is 1. The monoisotopic (exact) mass is 332 g/mol. The summed E-state index contributed by atoms with van der Waals surface area (Å²) in [5.74, 6) is 0.0196. The summed E-state index contributed by atoms with van der Waals surface area (Å²) in [6.07, 6.45) is 3.45. The second-order valence-corrected chi connectivity index (χ2v) is 6.76. The number of amides is 1. The van der Waals surface area contributed by atoms with Crippen molar-refractivity contribution in [1.29, 1.82) is 0 Å². The fourth-order valence-corrected chi connectivity index (χ4v) is 3.60. The molecule has 0 aliphatic carbocycles. The highest BCUT2D eigenvalue weighted by Crippen LogP contribution is 2.19. The van der Waals surface area contributed by atoms with E-state index < -0.39 is 0 Å². The smallest absolute Gasteiger partial charge is 0.268 e. The Hall–Kier alpha value is -2.15. The second kappa shape index (κ2) is 6.54. The first kappa shape index (κ1) is 15.7. The van der Waals surface area contributed by atoms with Gasteiger partial charge < -0.3 is 10.2 Å². The van der Waals surface area contributed by atoms with Gasteiger partial charge in [0.1, 0.15) is 0 Å². The van der Waals surface area contributed by atoms with Crippen molar-refractivity contribution in [1.82, 2.24) is 15.1 Å². The fraction of sp³-hybridized carbons (Fsp3) is 0.438. The van der Waals surface area contributed by atoms with Gasteiger partial charge in [-0.1, -0.05) is 0 Å². The summed E-state index contributed by atoms with van der Waals surface area (Å²) in [4.78, 5) is 26.9. The third-order valence-electron chi connectivity index (χ3n) is 4.22. The molecule has 1 aliphatic rings. The minimum Gasteiger partial charge on any atom is -0.370 e. The zero-order chi connectivity index (χ0) is 16.4. The highest BCUT2D eigenvalue weighted by Gasteiger charge is 2.22. The summed E-state index contributed by atoms with van der Waals surface area (Å²) < 4.78 is 1.32. The van der Waals surface area contributed by atoms with Gasteiger partial charge >= 0.3 is 0 Å². The van der Waals surface area contributed by atoms with Crippen LogP contribution in [-0.2, 0) is 7.05 Å². The first-order valence-electron chi connectivity index (χ1n) is 7.68. The van der Waals surface area contributed by atoms with Crippen molar-refractivity contribution >= 4 is 22.9 Å². The van der Waals surface area contributed by atoms with E-state index in [-0.39, 0.29) is 17.5 Å². The number of hydrogen-bond acceptors (Lipinski definition) is 5. The normalized spacial score (nSPS) is 15.7. The molecular formula is C16H20N4O2S. The van der Waals surface area contributed by atoms with Gasteiger partial charge in [-0.25, -0.2) is 4.68 Å². The van der Waals surface area contributed by atoms with Gasteiger partial charge in [0.2, 0.25) is 0 Å². The zero-order valence-electron chi connectivity index (χ0n) is 13.3. The van der Waals surface area contributed by atoms with Crippen LogP contribution in [0.4, 0.5) is 5.69 Å². The predicted octanol–water partition coefficient (Wildman–Crippen LogP) is 1.55. The van der Waals surface area contributed by atoms with Crippen molar-refractivity contribution in [3.63, 3.8) is 0 Å². The van der Waals surface area contributed by atoms with Gasteiger partial charge in [0, 0.05) is 32.2 Å². The second-order valence-electron chi connectivity index (χ2n) is 5.84. The first-order valence-corrected chi connectivity index (χ1v) is 8.56. The molecule has 0 bridgehead atoms. The van der Waals surface area contributed by atoms with Gasteiger partial charge in [-0.15, -0.1) is 11.3 Å². The summed E-state index contributed by atoms with van der Waals surface area (Å²) >= 11 is 1.48. The molecule has 1 aliphatic heterocycles. The van der Waals surface area contributed by atoms with Gasteiger partial charge in [0.15, 0.2) is 0 Å².